The Balaban J connectivity index is 2.09. The van der Waals surface area contributed by atoms with E-state index < -0.39 is 4.92 Å². The van der Waals surface area contributed by atoms with Gasteiger partial charge in [-0.2, -0.15) is 5.10 Å². The number of nitro groups is 1. The number of benzene rings is 1. The van der Waals surface area contributed by atoms with Crippen LogP contribution < -0.4 is 5.43 Å². The Morgan fingerprint density at radius 1 is 1.39 bits per heavy atom. The van der Waals surface area contributed by atoms with Crippen LogP contribution in [-0.2, 0) is 11.2 Å². The van der Waals surface area contributed by atoms with Crippen molar-refractivity contribution in [2.45, 2.75) is 25.2 Å². The second-order valence-electron chi connectivity index (χ2n) is 4.54. The number of carbonyl (C=O) groups is 1. The SMILES string of the molecule is O=C1CC2C(=NN1)CCc1ccc([N+](=O)[O-])cc12. The minimum atomic E-state index is -0.408. The topological polar surface area (TPSA) is 84.6 Å². The number of non-ortho nitro benzene ring substituents is 1. The van der Waals surface area contributed by atoms with Gasteiger partial charge in [-0.25, -0.2) is 5.43 Å². The lowest BCUT2D eigenvalue weighted by Gasteiger charge is -2.29. The number of hydrazone groups is 1. The molecular formula is C12H11N3O3. The molecule has 1 aliphatic heterocycles. The molecule has 0 spiro atoms. The van der Waals surface area contributed by atoms with Crippen molar-refractivity contribution in [2.75, 3.05) is 0 Å². The molecule has 0 saturated heterocycles. The van der Waals surface area contributed by atoms with Crippen molar-refractivity contribution in [1.82, 2.24) is 5.43 Å². The minimum Gasteiger partial charge on any atom is -0.273 e. The average Bonchev–Trinajstić information content (AvgIpc) is 2.37. The molecule has 0 radical (unpaired) electrons. The molecule has 1 aliphatic carbocycles. The minimum absolute atomic E-state index is 0.0704. The zero-order valence-corrected chi connectivity index (χ0v) is 9.55. The number of carbonyl (C=O) groups excluding carboxylic acids is 1. The normalized spacial score (nSPS) is 21.4. The fourth-order valence-electron chi connectivity index (χ4n) is 2.59. The maximum atomic E-state index is 11.4. The molecule has 2 aliphatic rings. The number of fused-ring (bicyclic) bond motifs is 3. The maximum absolute atomic E-state index is 11.4. The van der Waals surface area contributed by atoms with Crippen LogP contribution in [0, 0.1) is 10.1 Å². The van der Waals surface area contributed by atoms with Gasteiger partial charge in [-0.3, -0.25) is 14.9 Å². The Labute approximate surface area is 103 Å². The van der Waals surface area contributed by atoms with Crippen molar-refractivity contribution in [3.05, 3.63) is 39.4 Å². The molecule has 1 unspecified atom stereocenters. The standard InChI is InChI=1S/C12H11N3O3/c16-12-6-10-9-5-8(15(17)18)3-1-7(9)2-4-11(10)13-14-12/h1,3,5,10H,2,4,6H2,(H,14,16). The highest BCUT2D eigenvalue weighted by atomic mass is 16.6. The number of amides is 1. The molecule has 6 nitrogen and oxygen atoms in total. The van der Waals surface area contributed by atoms with E-state index in [-0.39, 0.29) is 17.5 Å². The number of aryl methyl sites for hydroxylation is 1. The van der Waals surface area contributed by atoms with Crippen molar-refractivity contribution >= 4 is 17.3 Å². The van der Waals surface area contributed by atoms with Crippen LogP contribution in [-0.4, -0.2) is 16.5 Å². The Kier molecular flexibility index (Phi) is 2.36. The van der Waals surface area contributed by atoms with Gasteiger partial charge in [0.2, 0.25) is 5.91 Å². The second-order valence-corrected chi connectivity index (χ2v) is 4.54. The lowest BCUT2D eigenvalue weighted by Crippen LogP contribution is -2.34. The van der Waals surface area contributed by atoms with Crippen LogP contribution in [0.5, 0.6) is 0 Å². The molecule has 3 rings (SSSR count). The Bertz CT molecular complexity index is 580. The van der Waals surface area contributed by atoms with Gasteiger partial charge < -0.3 is 0 Å². The first-order chi connectivity index (χ1) is 8.65. The van der Waals surface area contributed by atoms with Gasteiger partial charge in [0, 0.05) is 30.2 Å². The van der Waals surface area contributed by atoms with E-state index >= 15 is 0 Å². The summed E-state index contributed by atoms with van der Waals surface area (Å²) < 4.78 is 0. The van der Waals surface area contributed by atoms with Crippen LogP contribution in [0.4, 0.5) is 5.69 Å². The zero-order chi connectivity index (χ0) is 12.7. The van der Waals surface area contributed by atoms with Gasteiger partial charge in [-0.15, -0.1) is 0 Å². The third kappa shape index (κ3) is 1.66. The third-order valence-corrected chi connectivity index (χ3v) is 3.48. The molecule has 0 aromatic heterocycles. The third-order valence-electron chi connectivity index (χ3n) is 3.48. The van der Waals surface area contributed by atoms with Gasteiger partial charge in [0.1, 0.15) is 0 Å². The smallest absolute Gasteiger partial charge is 0.269 e. The van der Waals surface area contributed by atoms with Gasteiger partial charge >= 0.3 is 0 Å². The van der Waals surface area contributed by atoms with Crippen molar-refractivity contribution in [3.63, 3.8) is 0 Å². The van der Waals surface area contributed by atoms with Crippen LogP contribution in [0.25, 0.3) is 0 Å². The molecule has 1 N–H and O–H groups in total. The number of nitro benzene ring substituents is 1. The first kappa shape index (κ1) is 10.9. The van der Waals surface area contributed by atoms with Gasteiger partial charge in [0.05, 0.1) is 4.92 Å². The zero-order valence-electron chi connectivity index (χ0n) is 9.55. The second kappa shape index (κ2) is 3.90. The van der Waals surface area contributed by atoms with E-state index in [0.717, 1.165) is 29.7 Å². The first-order valence-electron chi connectivity index (χ1n) is 5.77. The average molecular weight is 245 g/mol. The molecule has 1 aromatic carbocycles. The fourth-order valence-corrected chi connectivity index (χ4v) is 2.59. The highest BCUT2D eigenvalue weighted by molar-refractivity contribution is 5.99. The van der Waals surface area contributed by atoms with Crippen LogP contribution in [0.15, 0.2) is 23.3 Å². The van der Waals surface area contributed by atoms with Crippen molar-refractivity contribution in [2.24, 2.45) is 5.10 Å². The van der Waals surface area contributed by atoms with E-state index in [0.29, 0.717) is 6.42 Å². The Morgan fingerprint density at radius 3 is 3.00 bits per heavy atom. The largest absolute Gasteiger partial charge is 0.273 e. The monoisotopic (exact) mass is 245 g/mol. The summed E-state index contributed by atoms with van der Waals surface area (Å²) >= 11 is 0. The molecule has 1 atom stereocenters. The molecule has 1 heterocycles. The van der Waals surface area contributed by atoms with E-state index in [1.165, 1.54) is 6.07 Å². The molecule has 6 heteroatoms. The highest BCUT2D eigenvalue weighted by Crippen LogP contribution is 2.35. The summed E-state index contributed by atoms with van der Waals surface area (Å²) in [6.07, 6.45) is 1.95. The van der Waals surface area contributed by atoms with Crippen LogP contribution in [0.2, 0.25) is 0 Å². The predicted octanol–water partition coefficient (Wildman–Crippen LogP) is 1.50. The maximum Gasteiger partial charge on any atom is 0.269 e. The summed E-state index contributed by atoms with van der Waals surface area (Å²) in [6.45, 7) is 0. The fraction of sp³-hybridized carbons (Fsp3) is 0.333. The summed E-state index contributed by atoms with van der Waals surface area (Å²) in [5.41, 5.74) is 5.42. The quantitative estimate of drug-likeness (QED) is 0.601. The molecule has 0 fully saturated rings. The molecule has 18 heavy (non-hydrogen) atoms. The number of hydrogen-bond donors (Lipinski definition) is 1. The number of hydrogen-bond acceptors (Lipinski definition) is 4. The van der Waals surface area contributed by atoms with Crippen LogP contribution in [0.1, 0.15) is 29.9 Å². The van der Waals surface area contributed by atoms with E-state index in [1.807, 2.05) is 0 Å². The number of nitrogens with one attached hydrogen (secondary N) is 1. The molecule has 92 valence electrons. The van der Waals surface area contributed by atoms with Crippen molar-refractivity contribution < 1.29 is 9.72 Å². The van der Waals surface area contributed by atoms with E-state index in [4.69, 9.17) is 0 Å². The summed E-state index contributed by atoms with van der Waals surface area (Å²) in [4.78, 5) is 21.8. The molecule has 0 bridgehead atoms. The predicted molar refractivity (Wildman–Crippen MR) is 64.4 cm³/mol. The highest BCUT2D eigenvalue weighted by Gasteiger charge is 2.32. The van der Waals surface area contributed by atoms with Crippen LogP contribution in [0.3, 0.4) is 0 Å². The molecule has 0 saturated carbocycles. The van der Waals surface area contributed by atoms with E-state index in [9.17, 15) is 14.9 Å². The van der Waals surface area contributed by atoms with Crippen molar-refractivity contribution in [3.8, 4) is 0 Å². The molecule has 1 aromatic rings. The van der Waals surface area contributed by atoms with E-state index in [2.05, 4.69) is 10.5 Å². The number of nitrogens with zero attached hydrogens (tertiary/aromatic N) is 2. The van der Waals surface area contributed by atoms with Gasteiger partial charge in [0.25, 0.3) is 5.69 Å². The van der Waals surface area contributed by atoms with Crippen molar-refractivity contribution in [1.29, 1.82) is 0 Å². The van der Waals surface area contributed by atoms with Gasteiger partial charge in [-0.1, -0.05) is 6.07 Å². The van der Waals surface area contributed by atoms with Gasteiger partial charge in [-0.05, 0) is 24.0 Å². The Morgan fingerprint density at radius 2 is 2.22 bits per heavy atom. The summed E-state index contributed by atoms with van der Waals surface area (Å²) in [5, 5.41) is 14.9. The summed E-state index contributed by atoms with van der Waals surface area (Å²) in [5.74, 6) is -0.231. The Hall–Kier alpha value is -2.24. The summed E-state index contributed by atoms with van der Waals surface area (Å²) in [6, 6.07) is 4.88. The van der Waals surface area contributed by atoms with Gasteiger partial charge in [0.15, 0.2) is 0 Å². The number of rotatable bonds is 1. The van der Waals surface area contributed by atoms with E-state index in [1.54, 1.807) is 12.1 Å². The first-order valence-corrected chi connectivity index (χ1v) is 5.77. The summed E-state index contributed by atoms with van der Waals surface area (Å²) in [7, 11) is 0. The lowest BCUT2D eigenvalue weighted by atomic mass is 9.78. The molecule has 1 amide bonds. The molecular weight excluding hydrogens is 234 g/mol. The lowest BCUT2D eigenvalue weighted by molar-refractivity contribution is -0.384. The van der Waals surface area contributed by atoms with Crippen LogP contribution >= 0.6 is 0 Å².